The van der Waals surface area contributed by atoms with E-state index >= 15 is 0 Å². The van der Waals surface area contributed by atoms with Gasteiger partial charge in [-0.15, -0.1) is 0 Å². The van der Waals surface area contributed by atoms with Crippen molar-refractivity contribution in [2.24, 2.45) is 5.73 Å². The van der Waals surface area contributed by atoms with Gasteiger partial charge in [0, 0.05) is 50.4 Å². The van der Waals surface area contributed by atoms with E-state index in [9.17, 15) is 14.9 Å². The molecule has 2 N–H and O–H groups in total. The first-order valence-corrected chi connectivity index (χ1v) is 7.46. The van der Waals surface area contributed by atoms with Gasteiger partial charge in [0.2, 0.25) is 5.91 Å². The maximum Gasteiger partial charge on any atom is 0.269 e. The average molecular weight is 306 g/mol. The number of anilines is 1. The number of nitrogens with zero attached hydrogens (tertiary/aromatic N) is 3. The number of nitro benzene ring substituents is 1. The Morgan fingerprint density at radius 2 is 2.00 bits per heavy atom. The first-order valence-electron chi connectivity index (χ1n) is 7.46. The second-order valence-electron chi connectivity index (χ2n) is 5.68. The maximum atomic E-state index is 11.0. The highest BCUT2D eigenvalue weighted by Crippen LogP contribution is 2.27. The summed E-state index contributed by atoms with van der Waals surface area (Å²) in [6.07, 6.45) is 1.52. The van der Waals surface area contributed by atoms with Crippen molar-refractivity contribution in [3.8, 4) is 0 Å². The molecule has 0 radical (unpaired) electrons. The third-order valence-electron chi connectivity index (χ3n) is 3.99. The molecule has 1 aliphatic heterocycles. The van der Waals surface area contributed by atoms with Crippen molar-refractivity contribution in [3.05, 3.63) is 33.9 Å². The second-order valence-corrected chi connectivity index (χ2v) is 5.68. The van der Waals surface area contributed by atoms with Crippen LogP contribution < -0.4 is 10.6 Å². The van der Waals surface area contributed by atoms with Crippen molar-refractivity contribution >= 4 is 17.3 Å². The summed E-state index contributed by atoms with van der Waals surface area (Å²) in [6, 6.07) is 4.99. The minimum absolute atomic E-state index is 0.0898. The van der Waals surface area contributed by atoms with Crippen molar-refractivity contribution in [1.29, 1.82) is 0 Å². The molecule has 7 heteroatoms. The first-order chi connectivity index (χ1) is 10.5. The quantitative estimate of drug-likeness (QED) is 0.629. The summed E-state index contributed by atoms with van der Waals surface area (Å²) in [4.78, 5) is 26.0. The van der Waals surface area contributed by atoms with Crippen LogP contribution in [0.5, 0.6) is 0 Å². The number of carbonyl (C=O) groups is 1. The average Bonchev–Trinajstić information content (AvgIpc) is 2.47. The number of nitro groups is 1. The molecule has 1 aromatic rings. The lowest BCUT2D eigenvalue weighted by atomic mass is 10.0. The van der Waals surface area contributed by atoms with Crippen molar-refractivity contribution in [3.63, 3.8) is 0 Å². The Kier molecular flexibility index (Phi) is 5.32. The van der Waals surface area contributed by atoms with Crippen LogP contribution >= 0.6 is 0 Å². The summed E-state index contributed by atoms with van der Waals surface area (Å²) in [5, 5.41) is 11.0. The van der Waals surface area contributed by atoms with Crippen molar-refractivity contribution in [2.45, 2.75) is 19.3 Å². The number of benzene rings is 1. The number of primary amides is 1. The van der Waals surface area contributed by atoms with Gasteiger partial charge in [0.15, 0.2) is 0 Å². The SMILES string of the molecule is CN1CCN(c2ccc([N+](=O)[O-])cc2CCCC(N)=O)CC1. The molecule has 1 heterocycles. The first kappa shape index (κ1) is 16.2. The maximum absolute atomic E-state index is 11.0. The lowest BCUT2D eigenvalue weighted by Gasteiger charge is -2.35. The highest BCUT2D eigenvalue weighted by atomic mass is 16.6. The van der Waals surface area contributed by atoms with Gasteiger partial charge < -0.3 is 15.5 Å². The van der Waals surface area contributed by atoms with E-state index in [4.69, 9.17) is 5.73 Å². The van der Waals surface area contributed by atoms with Gasteiger partial charge in [0.05, 0.1) is 4.92 Å². The van der Waals surface area contributed by atoms with E-state index in [0.717, 1.165) is 37.4 Å². The fourth-order valence-electron chi connectivity index (χ4n) is 2.69. The largest absolute Gasteiger partial charge is 0.370 e. The minimum Gasteiger partial charge on any atom is -0.370 e. The fourth-order valence-corrected chi connectivity index (χ4v) is 2.69. The number of amides is 1. The third-order valence-corrected chi connectivity index (χ3v) is 3.99. The van der Waals surface area contributed by atoms with Crippen LogP contribution in [0.2, 0.25) is 0 Å². The Bertz CT molecular complexity index is 554. The molecule has 120 valence electrons. The molecule has 0 bridgehead atoms. The number of rotatable bonds is 6. The van der Waals surface area contributed by atoms with Gasteiger partial charge in [-0.3, -0.25) is 14.9 Å². The Hall–Kier alpha value is -2.15. The molecule has 1 aliphatic rings. The second kappa shape index (κ2) is 7.22. The van der Waals surface area contributed by atoms with Crippen LogP contribution in [0.15, 0.2) is 18.2 Å². The van der Waals surface area contributed by atoms with E-state index in [2.05, 4.69) is 16.8 Å². The number of hydrogen-bond donors (Lipinski definition) is 1. The van der Waals surface area contributed by atoms with Gasteiger partial charge >= 0.3 is 0 Å². The third kappa shape index (κ3) is 4.17. The molecule has 1 amide bonds. The fraction of sp³-hybridized carbons (Fsp3) is 0.533. The molecular formula is C15H22N4O3. The summed E-state index contributed by atoms with van der Waals surface area (Å²) in [5.74, 6) is -0.341. The van der Waals surface area contributed by atoms with Crippen molar-refractivity contribution in [2.75, 3.05) is 38.1 Å². The smallest absolute Gasteiger partial charge is 0.269 e. The topological polar surface area (TPSA) is 92.7 Å². The van der Waals surface area contributed by atoms with E-state index in [-0.39, 0.29) is 16.5 Å². The van der Waals surface area contributed by atoms with Gasteiger partial charge in [-0.2, -0.15) is 0 Å². The normalized spacial score (nSPS) is 15.8. The molecule has 0 spiro atoms. The van der Waals surface area contributed by atoms with Crippen LogP contribution in [0.25, 0.3) is 0 Å². The molecule has 0 aliphatic carbocycles. The van der Waals surface area contributed by atoms with Gasteiger partial charge in [-0.1, -0.05) is 0 Å². The minimum atomic E-state index is -0.384. The van der Waals surface area contributed by atoms with Crippen LogP contribution in [0.1, 0.15) is 18.4 Å². The molecule has 0 aromatic heterocycles. The number of non-ortho nitro benzene ring substituents is 1. The zero-order valence-electron chi connectivity index (χ0n) is 12.8. The Morgan fingerprint density at radius 3 is 2.59 bits per heavy atom. The molecule has 1 aromatic carbocycles. The number of piperazine rings is 1. The summed E-state index contributed by atoms with van der Waals surface area (Å²) < 4.78 is 0. The summed E-state index contributed by atoms with van der Waals surface area (Å²) in [5.41, 5.74) is 7.20. The van der Waals surface area contributed by atoms with Crippen LogP contribution in [0.3, 0.4) is 0 Å². The molecule has 0 unspecified atom stereocenters. The number of aryl methyl sites for hydroxylation is 1. The van der Waals surface area contributed by atoms with E-state index in [1.165, 1.54) is 0 Å². The molecular weight excluding hydrogens is 284 g/mol. The van der Waals surface area contributed by atoms with E-state index in [1.807, 2.05) is 6.07 Å². The molecule has 2 rings (SSSR count). The predicted molar refractivity (Wildman–Crippen MR) is 84.9 cm³/mol. The van der Waals surface area contributed by atoms with E-state index < -0.39 is 0 Å². The van der Waals surface area contributed by atoms with Crippen LogP contribution in [0.4, 0.5) is 11.4 Å². The van der Waals surface area contributed by atoms with E-state index in [0.29, 0.717) is 19.3 Å². The highest BCUT2D eigenvalue weighted by molar-refractivity contribution is 5.73. The predicted octanol–water partition coefficient (Wildman–Crippen LogP) is 1.15. The monoisotopic (exact) mass is 306 g/mol. The molecule has 0 atom stereocenters. The number of hydrogen-bond acceptors (Lipinski definition) is 5. The van der Waals surface area contributed by atoms with Gasteiger partial charge in [-0.25, -0.2) is 0 Å². The molecule has 0 saturated carbocycles. The van der Waals surface area contributed by atoms with Crippen LogP contribution in [-0.2, 0) is 11.2 Å². The Labute approximate surface area is 129 Å². The van der Waals surface area contributed by atoms with Crippen LogP contribution in [0, 0.1) is 10.1 Å². The zero-order valence-corrected chi connectivity index (χ0v) is 12.8. The molecule has 7 nitrogen and oxygen atoms in total. The summed E-state index contributed by atoms with van der Waals surface area (Å²) in [6.45, 7) is 3.74. The molecule has 22 heavy (non-hydrogen) atoms. The number of nitrogens with two attached hydrogens (primary N) is 1. The number of likely N-dealkylation sites (N-methyl/N-ethyl adjacent to an activating group) is 1. The van der Waals surface area contributed by atoms with Gasteiger partial charge in [0.25, 0.3) is 5.69 Å². The molecule has 1 fully saturated rings. The zero-order chi connectivity index (χ0) is 16.1. The van der Waals surface area contributed by atoms with Gasteiger partial charge in [-0.05, 0) is 31.5 Å². The lowest BCUT2D eigenvalue weighted by molar-refractivity contribution is -0.384. The Balaban J connectivity index is 2.19. The standard InChI is InChI=1S/C15H22N4O3/c1-17-7-9-18(10-8-17)14-6-5-13(19(21)22)11-12(14)3-2-4-15(16)20/h5-6,11H,2-4,7-10H2,1H3,(H2,16,20). The highest BCUT2D eigenvalue weighted by Gasteiger charge is 2.19. The van der Waals surface area contributed by atoms with Crippen molar-refractivity contribution in [1.82, 2.24) is 4.90 Å². The van der Waals surface area contributed by atoms with Gasteiger partial charge in [0.1, 0.15) is 0 Å². The lowest BCUT2D eigenvalue weighted by Crippen LogP contribution is -2.44. The number of carbonyl (C=O) groups excluding carboxylic acids is 1. The summed E-state index contributed by atoms with van der Waals surface area (Å²) >= 11 is 0. The summed E-state index contributed by atoms with van der Waals surface area (Å²) in [7, 11) is 2.08. The molecule has 1 saturated heterocycles. The van der Waals surface area contributed by atoms with Crippen LogP contribution in [-0.4, -0.2) is 49.0 Å². The van der Waals surface area contributed by atoms with Crippen molar-refractivity contribution < 1.29 is 9.72 Å². The Morgan fingerprint density at radius 1 is 1.32 bits per heavy atom. The van der Waals surface area contributed by atoms with E-state index in [1.54, 1.807) is 12.1 Å².